The van der Waals surface area contributed by atoms with Gasteiger partial charge in [0, 0.05) is 15.7 Å². The Labute approximate surface area is 187 Å². The van der Waals surface area contributed by atoms with Crippen LogP contribution in [0.2, 0.25) is 0 Å². The van der Waals surface area contributed by atoms with Gasteiger partial charge in [-0.05, 0) is 68.8 Å². The van der Waals surface area contributed by atoms with Crippen LogP contribution in [-0.2, 0) is 4.79 Å². The largest absolute Gasteiger partial charge is 0.494 e. The van der Waals surface area contributed by atoms with Gasteiger partial charge in [-0.3, -0.25) is 9.59 Å². The molecule has 3 aromatic rings. The van der Waals surface area contributed by atoms with Crippen molar-refractivity contribution >= 4 is 44.8 Å². The molecule has 6 nitrogen and oxygen atoms in total. The molecule has 30 heavy (non-hydrogen) atoms. The average Bonchev–Trinajstić information content (AvgIpc) is 3.11. The van der Waals surface area contributed by atoms with Gasteiger partial charge >= 0.3 is 0 Å². The summed E-state index contributed by atoms with van der Waals surface area (Å²) in [6.07, 6.45) is 0. The van der Waals surface area contributed by atoms with Crippen molar-refractivity contribution < 1.29 is 14.3 Å². The summed E-state index contributed by atoms with van der Waals surface area (Å²) < 4.78 is 6.39. The third-order valence-corrected chi connectivity index (χ3v) is 5.99. The molecule has 0 atom stereocenters. The molecule has 2 N–H and O–H groups in total. The lowest BCUT2D eigenvalue weighted by molar-refractivity contribution is -0.115. The van der Waals surface area contributed by atoms with Crippen LogP contribution in [0, 0.1) is 13.8 Å². The van der Waals surface area contributed by atoms with E-state index in [-0.39, 0.29) is 18.4 Å². The highest BCUT2D eigenvalue weighted by atomic mass is 79.9. The fourth-order valence-electron chi connectivity index (χ4n) is 2.79. The number of rotatable bonds is 7. The van der Waals surface area contributed by atoms with Gasteiger partial charge in [-0.2, -0.15) is 0 Å². The summed E-state index contributed by atoms with van der Waals surface area (Å²) in [6, 6.07) is 13.2. The van der Waals surface area contributed by atoms with Gasteiger partial charge in [0.1, 0.15) is 15.6 Å². The van der Waals surface area contributed by atoms with Crippen LogP contribution < -0.4 is 15.4 Å². The standard InChI is InChI=1S/C22H22BrN3O3S/c1-4-29-17-8-5-15(6-9-17)22-25-14(3)20(30-22)21(28)24-12-19(27)26-18-10-7-16(23)11-13(18)2/h5-11H,4,12H2,1-3H3,(H,24,28)(H,26,27). The molecule has 0 aliphatic heterocycles. The van der Waals surface area contributed by atoms with Crippen LogP contribution in [0.3, 0.4) is 0 Å². The Bertz CT molecular complexity index is 1060. The molecule has 0 saturated heterocycles. The maximum Gasteiger partial charge on any atom is 0.263 e. The fourth-order valence-corrected chi connectivity index (χ4v) is 4.26. The third-order valence-electron chi connectivity index (χ3n) is 4.29. The molecule has 0 aliphatic rings. The van der Waals surface area contributed by atoms with Crippen LogP contribution in [-0.4, -0.2) is 29.9 Å². The van der Waals surface area contributed by atoms with Gasteiger partial charge in [-0.15, -0.1) is 11.3 Å². The van der Waals surface area contributed by atoms with E-state index in [1.807, 2.05) is 56.3 Å². The van der Waals surface area contributed by atoms with E-state index < -0.39 is 0 Å². The Morgan fingerprint density at radius 1 is 1.13 bits per heavy atom. The van der Waals surface area contributed by atoms with Crippen molar-refractivity contribution in [2.45, 2.75) is 20.8 Å². The van der Waals surface area contributed by atoms with Gasteiger partial charge in [0.25, 0.3) is 5.91 Å². The summed E-state index contributed by atoms with van der Waals surface area (Å²) in [5.41, 5.74) is 3.19. The zero-order valence-electron chi connectivity index (χ0n) is 16.9. The van der Waals surface area contributed by atoms with Gasteiger partial charge < -0.3 is 15.4 Å². The number of aromatic nitrogens is 1. The first-order valence-electron chi connectivity index (χ1n) is 9.42. The van der Waals surface area contributed by atoms with Crippen molar-refractivity contribution in [1.29, 1.82) is 0 Å². The van der Waals surface area contributed by atoms with Crippen LogP contribution in [0.1, 0.15) is 27.9 Å². The number of amides is 2. The Hall–Kier alpha value is -2.71. The average molecular weight is 488 g/mol. The van der Waals surface area contributed by atoms with Gasteiger partial charge in [0.2, 0.25) is 5.91 Å². The summed E-state index contributed by atoms with van der Waals surface area (Å²) in [5.74, 6) is 0.187. The maximum atomic E-state index is 12.6. The Kier molecular flexibility index (Phi) is 7.23. The molecule has 3 rings (SSSR count). The lowest BCUT2D eigenvalue weighted by Gasteiger charge is -2.09. The number of ether oxygens (including phenoxy) is 1. The summed E-state index contributed by atoms with van der Waals surface area (Å²) in [5, 5.41) is 6.22. The fraction of sp³-hybridized carbons (Fsp3) is 0.227. The van der Waals surface area contributed by atoms with E-state index in [1.54, 1.807) is 6.92 Å². The summed E-state index contributed by atoms with van der Waals surface area (Å²) in [7, 11) is 0. The minimum atomic E-state index is -0.315. The molecule has 8 heteroatoms. The van der Waals surface area contributed by atoms with Crippen LogP contribution in [0.4, 0.5) is 5.69 Å². The Morgan fingerprint density at radius 3 is 2.53 bits per heavy atom. The topological polar surface area (TPSA) is 80.3 Å². The molecule has 0 fully saturated rings. The number of thiazole rings is 1. The second kappa shape index (κ2) is 9.86. The van der Waals surface area contributed by atoms with E-state index in [0.717, 1.165) is 26.4 Å². The van der Waals surface area contributed by atoms with Crippen molar-refractivity contribution in [2.75, 3.05) is 18.5 Å². The Balaban J connectivity index is 1.62. The molecule has 2 aromatic carbocycles. The predicted octanol–water partition coefficient (Wildman–Crippen LogP) is 4.96. The van der Waals surface area contributed by atoms with Crippen molar-refractivity contribution in [3.63, 3.8) is 0 Å². The smallest absolute Gasteiger partial charge is 0.263 e. The van der Waals surface area contributed by atoms with Crippen LogP contribution >= 0.6 is 27.3 Å². The number of aryl methyl sites for hydroxylation is 2. The van der Waals surface area contributed by atoms with Gasteiger partial charge in [0.15, 0.2) is 0 Å². The van der Waals surface area contributed by atoms with Crippen LogP contribution in [0.15, 0.2) is 46.9 Å². The summed E-state index contributed by atoms with van der Waals surface area (Å²) in [4.78, 5) is 29.8. The number of carbonyl (C=O) groups excluding carboxylic acids is 2. The first-order chi connectivity index (χ1) is 14.4. The van der Waals surface area contributed by atoms with E-state index in [0.29, 0.717) is 22.9 Å². The highest BCUT2D eigenvalue weighted by Gasteiger charge is 2.17. The number of carbonyl (C=O) groups is 2. The SMILES string of the molecule is CCOc1ccc(-c2nc(C)c(C(=O)NCC(=O)Nc3ccc(Br)cc3C)s2)cc1. The lowest BCUT2D eigenvalue weighted by atomic mass is 10.2. The number of halogens is 1. The molecule has 156 valence electrons. The maximum absolute atomic E-state index is 12.6. The second-order valence-electron chi connectivity index (χ2n) is 6.58. The summed E-state index contributed by atoms with van der Waals surface area (Å²) in [6.45, 7) is 6.11. The van der Waals surface area contributed by atoms with Crippen molar-refractivity contribution in [3.05, 3.63) is 63.1 Å². The zero-order chi connectivity index (χ0) is 21.7. The third kappa shape index (κ3) is 5.46. The molecule has 0 radical (unpaired) electrons. The van der Waals surface area contributed by atoms with Crippen molar-refractivity contribution in [2.24, 2.45) is 0 Å². The minimum absolute atomic E-state index is 0.121. The monoisotopic (exact) mass is 487 g/mol. The molecule has 0 spiro atoms. The van der Waals surface area contributed by atoms with Gasteiger partial charge in [0.05, 0.1) is 18.8 Å². The molecule has 2 amide bonds. The van der Waals surface area contributed by atoms with E-state index >= 15 is 0 Å². The summed E-state index contributed by atoms with van der Waals surface area (Å²) >= 11 is 4.69. The highest BCUT2D eigenvalue weighted by Crippen LogP contribution is 2.29. The lowest BCUT2D eigenvalue weighted by Crippen LogP contribution is -2.32. The number of hydrogen-bond acceptors (Lipinski definition) is 5. The first-order valence-corrected chi connectivity index (χ1v) is 11.0. The number of benzene rings is 2. The number of anilines is 1. The van der Waals surface area contributed by atoms with E-state index in [4.69, 9.17) is 4.74 Å². The normalized spacial score (nSPS) is 10.5. The second-order valence-corrected chi connectivity index (χ2v) is 8.50. The first kappa shape index (κ1) is 22.0. The minimum Gasteiger partial charge on any atom is -0.494 e. The van der Waals surface area contributed by atoms with Gasteiger partial charge in [-0.25, -0.2) is 4.98 Å². The Morgan fingerprint density at radius 2 is 1.87 bits per heavy atom. The molecule has 1 aromatic heterocycles. The number of nitrogens with zero attached hydrogens (tertiary/aromatic N) is 1. The molecular formula is C22H22BrN3O3S. The van der Waals surface area contributed by atoms with Crippen molar-refractivity contribution in [1.82, 2.24) is 10.3 Å². The molecule has 0 bridgehead atoms. The molecule has 0 saturated carbocycles. The zero-order valence-corrected chi connectivity index (χ0v) is 19.3. The molecule has 0 aliphatic carbocycles. The molecule has 1 heterocycles. The quantitative estimate of drug-likeness (QED) is 0.493. The molecule has 0 unspecified atom stereocenters. The van der Waals surface area contributed by atoms with Crippen LogP contribution in [0.5, 0.6) is 5.75 Å². The van der Waals surface area contributed by atoms with Gasteiger partial charge in [-0.1, -0.05) is 15.9 Å². The number of hydrogen-bond donors (Lipinski definition) is 2. The predicted molar refractivity (Wildman–Crippen MR) is 123 cm³/mol. The highest BCUT2D eigenvalue weighted by molar-refractivity contribution is 9.10. The van der Waals surface area contributed by atoms with E-state index in [2.05, 4.69) is 31.5 Å². The molecular weight excluding hydrogens is 466 g/mol. The van der Waals surface area contributed by atoms with Crippen molar-refractivity contribution in [3.8, 4) is 16.3 Å². The van der Waals surface area contributed by atoms with Crippen LogP contribution in [0.25, 0.3) is 10.6 Å². The van der Waals surface area contributed by atoms with E-state index in [1.165, 1.54) is 11.3 Å². The van der Waals surface area contributed by atoms with E-state index in [9.17, 15) is 9.59 Å². The number of nitrogens with one attached hydrogen (secondary N) is 2.